The van der Waals surface area contributed by atoms with Crippen LogP contribution in [0.25, 0.3) is 0 Å². The van der Waals surface area contributed by atoms with Gasteiger partial charge in [-0.1, -0.05) is 30.3 Å². The smallest absolute Gasteiger partial charge is 0.241 e. The van der Waals surface area contributed by atoms with Gasteiger partial charge in [-0.2, -0.15) is 4.72 Å². The average Bonchev–Trinajstić information content (AvgIpc) is 2.77. The number of hydrogen-bond donors (Lipinski definition) is 5. The van der Waals surface area contributed by atoms with E-state index in [4.69, 9.17) is 17.2 Å². The van der Waals surface area contributed by atoms with Gasteiger partial charge in [0.05, 0.1) is 4.90 Å². The van der Waals surface area contributed by atoms with Gasteiger partial charge in [-0.15, -0.1) is 0 Å². The van der Waals surface area contributed by atoms with Crippen molar-refractivity contribution in [1.29, 1.82) is 0 Å². The van der Waals surface area contributed by atoms with Crippen LogP contribution in [0.1, 0.15) is 24.0 Å². The quantitative estimate of drug-likeness (QED) is 0.158. The first-order chi connectivity index (χ1) is 16.0. The maximum absolute atomic E-state index is 13.6. The molecular weight excluding hydrogens is 463 g/mol. The van der Waals surface area contributed by atoms with Crippen LogP contribution in [-0.4, -0.2) is 44.8 Å². The first-order valence-corrected chi connectivity index (χ1v) is 12.0. The number of hydrogen-bond acceptors (Lipinski definition) is 5. The van der Waals surface area contributed by atoms with Gasteiger partial charge in [0, 0.05) is 13.0 Å². The molecule has 0 radical (unpaired) electrons. The molecule has 12 heteroatoms. The van der Waals surface area contributed by atoms with E-state index < -0.39 is 39.7 Å². The highest BCUT2D eigenvalue weighted by molar-refractivity contribution is 7.89. The lowest BCUT2D eigenvalue weighted by molar-refractivity contribution is -0.128. The Balaban J connectivity index is 2.23. The lowest BCUT2D eigenvalue weighted by atomic mass is 10.0. The topological polar surface area (TPSA) is 183 Å². The third kappa shape index (κ3) is 8.12. The van der Waals surface area contributed by atoms with E-state index in [1.165, 1.54) is 6.92 Å². The van der Waals surface area contributed by atoms with Gasteiger partial charge in [0.15, 0.2) is 5.96 Å². The van der Waals surface area contributed by atoms with E-state index in [9.17, 15) is 22.4 Å². The maximum Gasteiger partial charge on any atom is 0.241 e. The van der Waals surface area contributed by atoms with Crippen LogP contribution in [0.2, 0.25) is 0 Å². The number of aliphatic imine (C=N–C) groups is 1. The molecule has 2 atom stereocenters. The lowest BCUT2D eigenvalue weighted by Crippen LogP contribution is -2.53. The summed E-state index contributed by atoms with van der Waals surface area (Å²) in [5, 5.41) is 2.52. The van der Waals surface area contributed by atoms with E-state index in [1.807, 2.05) is 0 Å². The standard InChI is InChI=1S/C22H29FN6O4S/c1-14-12-16(9-10-17(14)23)34(32,33)29-18(8-5-11-27-22(25)26)21(31)28-19(20(24)30)13-15-6-3-2-4-7-15/h2-4,6-7,9-10,12,18-19,29H,5,8,11,13H2,1H3,(H2,24,30)(H,28,31)(H4,25,26,27)/t18-,19-/m0/s1. The summed E-state index contributed by atoms with van der Waals surface area (Å²) in [7, 11) is -4.19. The molecule has 0 fully saturated rings. The Bertz CT molecular complexity index is 1140. The Kier molecular flexibility index (Phi) is 9.51. The van der Waals surface area contributed by atoms with Crippen molar-refractivity contribution in [3.63, 3.8) is 0 Å². The molecule has 10 nitrogen and oxygen atoms in total. The molecule has 0 aliphatic heterocycles. The Labute approximate surface area is 197 Å². The van der Waals surface area contributed by atoms with Crippen LogP contribution in [0.4, 0.5) is 4.39 Å². The van der Waals surface area contributed by atoms with Crippen molar-refractivity contribution in [2.45, 2.75) is 43.2 Å². The summed E-state index contributed by atoms with van der Waals surface area (Å²) in [5.41, 5.74) is 17.0. The number of carbonyl (C=O) groups is 2. The third-order valence-corrected chi connectivity index (χ3v) is 6.41. The van der Waals surface area contributed by atoms with Crippen LogP contribution >= 0.6 is 0 Å². The van der Waals surface area contributed by atoms with E-state index in [0.717, 1.165) is 23.8 Å². The first kappa shape index (κ1) is 26.7. The first-order valence-electron chi connectivity index (χ1n) is 10.5. The monoisotopic (exact) mass is 492 g/mol. The summed E-state index contributed by atoms with van der Waals surface area (Å²) in [5.74, 6) is -2.21. The van der Waals surface area contributed by atoms with E-state index in [0.29, 0.717) is 0 Å². The molecule has 2 rings (SSSR count). The number of sulfonamides is 1. The highest BCUT2D eigenvalue weighted by atomic mass is 32.2. The fourth-order valence-corrected chi connectivity index (χ4v) is 4.45. The molecule has 0 aromatic heterocycles. The summed E-state index contributed by atoms with van der Waals surface area (Å²) >= 11 is 0. The fourth-order valence-electron chi connectivity index (χ4n) is 3.13. The average molecular weight is 493 g/mol. The second-order valence-electron chi connectivity index (χ2n) is 7.69. The molecule has 0 aliphatic carbocycles. The maximum atomic E-state index is 13.6. The predicted octanol–water partition coefficient (Wildman–Crippen LogP) is 0.0474. The van der Waals surface area contributed by atoms with Crippen molar-refractivity contribution in [2.75, 3.05) is 6.54 Å². The summed E-state index contributed by atoms with van der Waals surface area (Å²) in [6, 6.07) is 9.87. The Morgan fingerprint density at radius 1 is 1.06 bits per heavy atom. The molecule has 2 aromatic rings. The Hall–Kier alpha value is -3.51. The Morgan fingerprint density at radius 2 is 1.74 bits per heavy atom. The molecule has 0 spiro atoms. The molecule has 0 bridgehead atoms. The summed E-state index contributed by atoms with van der Waals surface area (Å²) in [4.78, 5) is 28.6. The van der Waals surface area contributed by atoms with Gasteiger partial charge in [-0.25, -0.2) is 12.8 Å². The van der Waals surface area contributed by atoms with E-state index in [1.54, 1.807) is 30.3 Å². The number of rotatable bonds is 12. The van der Waals surface area contributed by atoms with Gasteiger partial charge in [-0.3, -0.25) is 14.6 Å². The summed E-state index contributed by atoms with van der Waals surface area (Å²) in [6.45, 7) is 1.58. The van der Waals surface area contributed by atoms with Crippen LogP contribution in [0.3, 0.4) is 0 Å². The number of amides is 2. The molecule has 0 saturated heterocycles. The molecule has 184 valence electrons. The molecule has 34 heavy (non-hydrogen) atoms. The van der Waals surface area contributed by atoms with Crippen molar-refractivity contribution >= 4 is 27.8 Å². The van der Waals surface area contributed by atoms with Gasteiger partial charge in [0.2, 0.25) is 21.8 Å². The zero-order valence-electron chi connectivity index (χ0n) is 18.7. The Morgan fingerprint density at radius 3 is 2.32 bits per heavy atom. The zero-order chi connectivity index (χ0) is 25.3. The minimum atomic E-state index is -4.19. The molecule has 2 aromatic carbocycles. The van der Waals surface area contributed by atoms with Crippen LogP contribution in [0, 0.1) is 12.7 Å². The lowest BCUT2D eigenvalue weighted by Gasteiger charge is -2.22. The van der Waals surface area contributed by atoms with E-state index in [-0.39, 0.29) is 42.2 Å². The number of guanidine groups is 1. The molecule has 0 saturated carbocycles. The van der Waals surface area contributed by atoms with Gasteiger partial charge in [0.25, 0.3) is 0 Å². The van der Waals surface area contributed by atoms with Crippen LogP contribution < -0.4 is 27.2 Å². The van der Waals surface area contributed by atoms with Crippen molar-refractivity contribution < 1.29 is 22.4 Å². The molecule has 2 amide bonds. The van der Waals surface area contributed by atoms with Crippen molar-refractivity contribution in [2.24, 2.45) is 22.2 Å². The molecular formula is C22H29FN6O4S. The van der Waals surface area contributed by atoms with Crippen LogP contribution in [0.5, 0.6) is 0 Å². The van der Waals surface area contributed by atoms with Gasteiger partial charge >= 0.3 is 0 Å². The summed E-state index contributed by atoms with van der Waals surface area (Å²) < 4.78 is 41.7. The van der Waals surface area contributed by atoms with Crippen molar-refractivity contribution in [3.05, 3.63) is 65.5 Å². The van der Waals surface area contributed by atoms with Crippen LogP contribution in [0.15, 0.2) is 58.4 Å². The van der Waals surface area contributed by atoms with Crippen molar-refractivity contribution in [3.8, 4) is 0 Å². The number of halogens is 1. The molecule has 0 aliphatic rings. The second-order valence-corrected chi connectivity index (χ2v) is 9.40. The van der Waals surface area contributed by atoms with Crippen molar-refractivity contribution in [1.82, 2.24) is 10.0 Å². The largest absolute Gasteiger partial charge is 0.370 e. The SMILES string of the molecule is Cc1cc(S(=O)(=O)N[C@@H](CCCN=C(N)N)C(=O)N[C@@H](Cc2ccccc2)C(N)=O)ccc1F. The normalized spacial score (nSPS) is 13.0. The molecule has 0 unspecified atom stereocenters. The number of carbonyl (C=O) groups excluding carboxylic acids is 2. The summed E-state index contributed by atoms with van der Waals surface area (Å²) in [6.07, 6.45) is 0.423. The highest BCUT2D eigenvalue weighted by Crippen LogP contribution is 2.16. The number of benzene rings is 2. The number of aryl methyl sites for hydroxylation is 1. The highest BCUT2D eigenvalue weighted by Gasteiger charge is 2.29. The number of nitrogens with two attached hydrogens (primary N) is 3. The fraction of sp³-hybridized carbons (Fsp3) is 0.318. The van der Waals surface area contributed by atoms with E-state index >= 15 is 0 Å². The van der Waals surface area contributed by atoms with E-state index in [2.05, 4.69) is 15.0 Å². The molecule has 0 heterocycles. The number of nitrogens with zero attached hydrogens (tertiary/aromatic N) is 1. The molecule has 8 N–H and O–H groups in total. The second kappa shape index (κ2) is 12.1. The third-order valence-electron chi connectivity index (χ3n) is 4.94. The number of primary amides is 1. The van der Waals surface area contributed by atoms with Gasteiger partial charge in [0.1, 0.15) is 17.9 Å². The number of nitrogens with one attached hydrogen (secondary N) is 2. The minimum Gasteiger partial charge on any atom is -0.370 e. The van der Waals surface area contributed by atoms with Crippen LogP contribution in [-0.2, 0) is 26.0 Å². The zero-order valence-corrected chi connectivity index (χ0v) is 19.5. The van der Waals surface area contributed by atoms with Gasteiger partial charge < -0.3 is 22.5 Å². The minimum absolute atomic E-state index is 0.0266. The van der Waals surface area contributed by atoms with Gasteiger partial charge in [-0.05, 0) is 49.1 Å². The predicted molar refractivity (Wildman–Crippen MR) is 126 cm³/mol.